The molecular weight excluding hydrogens is 283 g/mol. The van der Waals surface area contributed by atoms with Gasteiger partial charge in [0.15, 0.2) is 0 Å². The summed E-state index contributed by atoms with van der Waals surface area (Å²) in [6, 6.07) is 0. The van der Waals surface area contributed by atoms with Gasteiger partial charge in [-0.2, -0.15) is 0 Å². The van der Waals surface area contributed by atoms with E-state index in [1.54, 1.807) is 0 Å². The fraction of sp³-hybridized carbons (Fsp3) is 0.889. The van der Waals surface area contributed by atoms with Crippen molar-refractivity contribution in [3.63, 3.8) is 0 Å². The smallest absolute Gasteiger partial charge is 0.313 e. The van der Waals surface area contributed by atoms with Gasteiger partial charge >= 0.3 is 5.97 Å². The molecule has 0 rings (SSSR count). The highest BCUT2D eigenvalue weighted by atomic mass is 127. The molecule has 0 saturated carbocycles. The van der Waals surface area contributed by atoms with Crippen LogP contribution in [0.2, 0.25) is 0 Å². The minimum atomic E-state index is -0.528. The third-order valence-electron chi connectivity index (χ3n) is 1.62. The zero-order valence-electron chi connectivity index (χ0n) is 8.43. The summed E-state index contributed by atoms with van der Waals surface area (Å²) in [4.78, 5) is 11.2. The summed E-state index contributed by atoms with van der Waals surface area (Å²) in [5, 5.41) is 0. The number of hydrogen-bond donors (Lipinski definition) is 0. The highest BCUT2D eigenvalue weighted by Gasteiger charge is 2.28. The molecule has 0 fully saturated rings. The van der Waals surface area contributed by atoms with Crippen molar-refractivity contribution in [1.82, 2.24) is 0 Å². The molecule has 3 nitrogen and oxygen atoms in total. The summed E-state index contributed by atoms with van der Waals surface area (Å²) in [6.45, 7) is 4.78. The van der Waals surface area contributed by atoms with Crippen LogP contribution in [0.25, 0.3) is 0 Å². The van der Waals surface area contributed by atoms with Crippen LogP contribution < -0.4 is 0 Å². The number of ether oxygens (including phenoxy) is 2. The van der Waals surface area contributed by atoms with Crippen LogP contribution >= 0.6 is 22.6 Å². The van der Waals surface area contributed by atoms with Crippen LogP contribution in [0, 0.1) is 5.41 Å². The Hall–Kier alpha value is 0.160. The second-order valence-corrected chi connectivity index (χ2v) is 4.55. The van der Waals surface area contributed by atoms with E-state index >= 15 is 0 Å². The predicted molar refractivity (Wildman–Crippen MR) is 60.1 cm³/mol. The third kappa shape index (κ3) is 5.46. The fourth-order valence-corrected chi connectivity index (χ4v) is 1.13. The molecule has 78 valence electrons. The minimum Gasteiger partial charge on any atom is -0.469 e. The van der Waals surface area contributed by atoms with E-state index in [1.165, 1.54) is 7.11 Å². The molecule has 0 heterocycles. The highest BCUT2D eigenvalue weighted by Crippen LogP contribution is 2.17. The van der Waals surface area contributed by atoms with Crippen molar-refractivity contribution in [3.8, 4) is 0 Å². The van der Waals surface area contributed by atoms with Crippen LogP contribution in [0.4, 0.5) is 0 Å². The molecule has 0 atom stereocenters. The van der Waals surface area contributed by atoms with Crippen LogP contribution in [0.1, 0.15) is 20.3 Å². The number of esters is 1. The summed E-state index contributed by atoms with van der Waals surface area (Å²) in [6.07, 6.45) is 1.03. The van der Waals surface area contributed by atoms with Crippen molar-refractivity contribution < 1.29 is 14.3 Å². The Kier molecular flexibility index (Phi) is 6.67. The SMILES string of the molecule is COC(=O)C(C)(C)COCCCI. The molecule has 4 heteroatoms. The first-order valence-electron chi connectivity index (χ1n) is 4.26. The Morgan fingerprint density at radius 2 is 2.08 bits per heavy atom. The molecule has 0 aliphatic carbocycles. The largest absolute Gasteiger partial charge is 0.469 e. The molecule has 0 aromatic heterocycles. The average molecular weight is 300 g/mol. The molecule has 0 aliphatic rings. The molecule has 13 heavy (non-hydrogen) atoms. The van der Waals surface area contributed by atoms with Crippen molar-refractivity contribution in [3.05, 3.63) is 0 Å². The van der Waals surface area contributed by atoms with Gasteiger partial charge in [0, 0.05) is 11.0 Å². The zero-order chi connectivity index (χ0) is 10.3. The molecule has 0 spiro atoms. The van der Waals surface area contributed by atoms with Crippen LogP contribution in [0.5, 0.6) is 0 Å². The summed E-state index contributed by atoms with van der Waals surface area (Å²) in [7, 11) is 1.40. The van der Waals surface area contributed by atoms with Gasteiger partial charge in [-0.3, -0.25) is 4.79 Å². The van der Waals surface area contributed by atoms with Gasteiger partial charge in [0.1, 0.15) is 0 Å². The van der Waals surface area contributed by atoms with Gasteiger partial charge in [-0.25, -0.2) is 0 Å². The van der Waals surface area contributed by atoms with Crippen molar-refractivity contribution >= 4 is 28.6 Å². The number of carbonyl (C=O) groups excluding carboxylic acids is 1. The van der Waals surface area contributed by atoms with Gasteiger partial charge in [0.2, 0.25) is 0 Å². The monoisotopic (exact) mass is 300 g/mol. The Labute approximate surface area is 93.3 Å². The molecule has 0 radical (unpaired) electrons. The Bertz CT molecular complexity index is 157. The minimum absolute atomic E-state index is 0.220. The van der Waals surface area contributed by atoms with Crippen LogP contribution in [-0.2, 0) is 14.3 Å². The van der Waals surface area contributed by atoms with Crippen molar-refractivity contribution in [2.24, 2.45) is 5.41 Å². The first-order chi connectivity index (χ1) is 6.04. The lowest BCUT2D eigenvalue weighted by molar-refractivity contribution is -0.154. The fourth-order valence-electron chi connectivity index (χ4n) is 0.819. The molecule has 0 bridgehead atoms. The van der Waals surface area contributed by atoms with E-state index in [-0.39, 0.29) is 5.97 Å². The topological polar surface area (TPSA) is 35.5 Å². The zero-order valence-corrected chi connectivity index (χ0v) is 10.6. The number of alkyl halides is 1. The molecule has 0 unspecified atom stereocenters. The molecule has 0 saturated heterocycles. The van der Waals surface area contributed by atoms with Gasteiger partial charge in [-0.1, -0.05) is 22.6 Å². The number of hydrogen-bond acceptors (Lipinski definition) is 3. The van der Waals surface area contributed by atoms with Crippen molar-refractivity contribution in [2.45, 2.75) is 20.3 Å². The number of halogens is 1. The lowest BCUT2D eigenvalue weighted by atomic mass is 9.95. The van der Waals surface area contributed by atoms with Gasteiger partial charge < -0.3 is 9.47 Å². The summed E-state index contributed by atoms with van der Waals surface area (Å²) < 4.78 is 11.1. The van der Waals surface area contributed by atoms with Gasteiger partial charge in [0.05, 0.1) is 19.1 Å². The molecular formula is C9H17IO3. The first-order valence-corrected chi connectivity index (χ1v) is 5.79. The average Bonchev–Trinajstić information content (AvgIpc) is 2.11. The summed E-state index contributed by atoms with van der Waals surface area (Å²) in [5.74, 6) is -0.220. The van der Waals surface area contributed by atoms with Gasteiger partial charge in [0.25, 0.3) is 0 Å². The number of carbonyl (C=O) groups is 1. The maximum Gasteiger partial charge on any atom is 0.313 e. The van der Waals surface area contributed by atoms with E-state index < -0.39 is 5.41 Å². The van der Waals surface area contributed by atoms with E-state index in [2.05, 4.69) is 27.3 Å². The number of methoxy groups -OCH3 is 1. The molecule has 0 aliphatic heterocycles. The highest BCUT2D eigenvalue weighted by molar-refractivity contribution is 14.1. The quantitative estimate of drug-likeness (QED) is 0.326. The van der Waals surface area contributed by atoms with E-state index in [9.17, 15) is 4.79 Å². The molecule has 0 aromatic carbocycles. The van der Waals surface area contributed by atoms with Gasteiger partial charge in [-0.05, 0) is 20.3 Å². The van der Waals surface area contributed by atoms with Crippen molar-refractivity contribution in [1.29, 1.82) is 0 Å². The molecule has 0 aromatic rings. The second kappa shape index (κ2) is 6.59. The maximum absolute atomic E-state index is 11.2. The predicted octanol–water partition coefficient (Wildman–Crippen LogP) is 2.03. The number of rotatable bonds is 6. The molecule has 0 amide bonds. The van der Waals surface area contributed by atoms with E-state index in [0.717, 1.165) is 10.8 Å². The Morgan fingerprint density at radius 1 is 1.46 bits per heavy atom. The standard InChI is InChI=1S/C9H17IO3/c1-9(2,8(11)12-3)7-13-6-4-5-10/h4-7H2,1-3H3. The van der Waals surface area contributed by atoms with Crippen LogP contribution in [0.3, 0.4) is 0 Å². The van der Waals surface area contributed by atoms with Gasteiger partial charge in [-0.15, -0.1) is 0 Å². The van der Waals surface area contributed by atoms with Crippen LogP contribution in [-0.4, -0.2) is 30.7 Å². The Balaban J connectivity index is 3.69. The first kappa shape index (κ1) is 13.2. The molecule has 0 N–H and O–H groups in total. The third-order valence-corrected chi connectivity index (χ3v) is 2.39. The summed E-state index contributed by atoms with van der Waals surface area (Å²) in [5.41, 5.74) is -0.528. The lowest BCUT2D eigenvalue weighted by Crippen LogP contribution is -2.30. The van der Waals surface area contributed by atoms with Crippen molar-refractivity contribution in [2.75, 3.05) is 24.8 Å². The van der Waals surface area contributed by atoms with E-state index in [4.69, 9.17) is 4.74 Å². The summed E-state index contributed by atoms with van der Waals surface area (Å²) >= 11 is 2.30. The lowest BCUT2D eigenvalue weighted by Gasteiger charge is -2.20. The van der Waals surface area contributed by atoms with E-state index in [0.29, 0.717) is 13.2 Å². The second-order valence-electron chi connectivity index (χ2n) is 3.47. The Morgan fingerprint density at radius 3 is 2.54 bits per heavy atom. The van der Waals surface area contributed by atoms with Crippen LogP contribution in [0.15, 0.2) is 0 Å². The maximum atomic E-state index is 11.2. The van der Waals surface area contributed by atoms with E-state index in [1.807, 2.05) is 13.8 Å². The normalized spacial score (nSPS) is 11.4.